The first kappa shape index (κ1) is 10.6. The molecule has 1 aromatic rings. The van der Waals surface area contributed by atoms with Crippen LogP contribution in [0.25, 0.3) is 0 Å². The molecular weight excluding hydrogens is 214 g/mol. The minimum atomic E-state index is -0.106. The Bertz CT molecular complexity index is 388. The molecule has 82 valence electrons. The van der Waals surface area contributed by atoms with Crippen LogP contribution in [0.1, 0.15) is 18.4 Å². The largest absolute Gasteiger partial charge is 0.504 e. The molecule has 0 atom stereocenters. The van der Waals surface area contributed by atoms with Gasteiger partial charge in [0.1, 0.15) is 0 Å². The Labute approximate surface area is 93.8 Å². The van der Waals surface area contributed by atoms with Gasteiger partial charge in [-0.2, -0.15) is 0 Å². The molecule has 1 aromatic carbocycles. The summed E-state index contributed by atoms with van der Waals surface area (Å²) in [5, 5.41) is 10.2. The zero-order chi connectivity index (χ0) is 11.1. The van der Waals surface area contributed by atoms with Crippen molar-refractivity contribution in [2.24, 2.45) is 5.73 Å². The molecule has 1 saturated carbocycles. The number of hydrogen-bond donors (Lipinski definition) is 2. The van der Waals surface area contributed by atoms with Gasteiger partial charge in [0.15, 0.2) is 11.5 Å². The summed E-state index contributed by atoms with van der Waals surface area (Å²) in [6.45, 7) is 0. The molecule has 0 spiro atoms. The quantitative estimate of drug-likeness (QED) is 0.832. The Kier molecular flexibility index (Phi) is 2.52. The van der Waals surface area contributed by atoms with Crippen LogP contribution in [0.15, 0.2) is 12.1 Å². The second kappa shape index (κ2) is 3.58. The van der Waals surface area contributed by atoms with Crippen LogP contribution in [0.3, 0.4) is 0 Å². The minimum absolute atomic E-state index is 0.106. The third-order valence-electron chi connectivity index (χ3n) is 2.78. The maximum Gasteiger partial charge on any atom is 0.161 e. The molecule has 1 aliphatic carbocycles. The molecule has 3 nitrogen and oxygen atoms in total. The van der Waals surface area contributed by atoms with Gasteiger partial charge in [-0.25, -0.2) is 0 Å². The Morgan fingerprint density at radius 2 is 2.20 bits per heavy atom. The smallest absolute Gasteiger partial charge is 0.161 e. The molecule has 0 unspecified atom stereocenters. The molecule has 2 rings (SSSR count). The highest BCUT2D eigenvalue weighted by molar-refractivity contribution is 6.31. The fourth-order valence-electron chi connectivity index (χ4n) is 1.60. The van der Waals surface area contributed by atoms with E-state index in [0.717, 1.165) is 18.4 Å². The highest BCUT2D eigenvalue weighted by Crippen LogP contribution is 2.40. The van der Waals surface area contributed by atoms with Crippen molar-refractivity contribution in [1.82, 2.24) is 0 Å². The molecular formula is C11H14ClNO2. The summed E-state index contributed by atoms with van der Waals surface area (Å²) in [7, 11) is 1.50. The predicted molar refractivity (Wildman–Crippen MR) is 59.5 cm³/mol. The predicted octanol–water partition coefficient (Wildman–Crippen LogP) is 2.09. The van der Waals surface area contributed by atoms with Crippen LogP contribution in [-0.2, 0) is 6.42 Å². The SMILES string of the molecule is COc1cc(Cl)c(CC2(N)CC2)cc1O. The number of nitrogens with two attached hydrogens (primary N) is 1. The molecule has 0 amide bonds. The number of halogens is 1. The van der Waals surface area contributed by atoms with Gasteiger partial charge in [-0.05, 0) is 30.9 Å². The number of methoxy groups -OCH3 is 1. The summed E-state index contributed by atoms with van der Waals surface area (Å²) < 4.78 is 4.96. The summed E-state index contributed by atoms with van der Waals surface area (Å²) in [5.74, 6) is 0.506. The van der Waals surface area contributed by atoms with Crippen LogP contribution in [0.2, 0.25) is 5.02 Å². The second-order valence-electron chi connectivity index (χ2n) is 4.15. The lowest BCUT2D eigenvalue weighted by Crippen LogP contribution is -2.24. The summed E-state index contributed by atoms with van der Waals surface area (Å²) in [6, 6.07) is 3.26. The molecule has 1 fully saturated rings. The highest BCUT2D eigenvalue weighted by Gasteiger charge is 2.38. The number of rotatable bonds is 3. The van der Waals surface area contributed by atoms with E-state index < -0.39 is 0 Å². The van der Waals surface area contributed by atoms with E-state index in [0.29, 0.717) is 17.2 Å². The van der Waals surface area contributed by atoms with Gasteiger partial charge in [0.05, 0.1) is 7.11 Å². The van der Waals surface area contributed by atoms with E-state index in [9.17, 15) is 5.11 Å². The third-order valence-corrected chi connectivity index (χ3v) is 3.13. The first-order chi connectivity index (χ1) is 7.04. The van der Waals surface area contributed by atoms with Gasteiger partial charge >= 0.3 is 0 Å². The van der Waals surface area contributed by atoms with Crippen molar-refractivity contribution in [3.63, 3.8) is 0 Å². The number of phenols is 1. The summed E-state index contributed by atoms with van der Waals surface area (Å²) in [5.41, 5.74) is 6.77. The Balaban J connectivity index is 2.28. The Morgan fingerprint density at radius 1 is 1.53 bits per heavy atom. The monoisotopic (exact) mass is 227 g/mol. The van der Waals surface area contributed by atoms with Crippen molar-refractivity contribution in [2.75, 3.05) is 7.11 Å². The number of aromatic hydroxyl groups is 1. The molecule has 0 saturated heterocycles. The Morgan fingerprint density at radius 3 is 2.73 bits per heavy atom. The molecule has 3 N–H and O–H groups in total. The molecule has 0 heterocycles. The summed E-state index contributed by atoms with van der Waals surface area (Å²) >= 11 is 6.07. The van der Waals surface area contributed by atoms with E-state index in [4.69, 9.17) is 22.1 Å². The van der Waals surface area contributed by atoms with Crippen LogP contribution in [0.4, 0.5) is 0 Å². The molecule has 0 aliphatic heterocycles. The van der Waals surface area contributed by atoms with Crippen molar-refractivity contribution in [2.45, 2.75) is 24.8 Å². The van der Waals surface area contributed by atoms with Crippen LogP contribution in [0.5, 0.6) is 11.5 Å². The lowest BCUT2D eigenvalue weighted by atomic mass is 10.0. The molecule has 0 aromatic heterocycles. The van der Waals surface area contributed by atoms with Gasteiger partial charge in [-0.1, -0.05) is 11.6 Å². The maximum absolute atomic E-state index is 9.61. The van der Waals surface area contributed by atoms with Gasteiger partial charge in [0.25, 0.3) is 0 Å². The lowest BCUT2D eigenvalue weighted by molar-refractivity contribution is 0.373. The van der Waals surface area contributed by atoms with Gasteiger partial charge in [-0.15, -0.1) is 0 Å². The van der Waals surface area contributed by atoms with E-state index in [-0.39, 0.29) is 11.3 Å². The van der Waals surface area contributed by atoms with Crippen LogP contribution >= 0.6 is 11.6 Å². The number of benzene rings is 1. The zero-order valence-electron chi connectivity index (χ0n) is 8.59. The molecule has 15 heavy (non-hydrogen) atoms. The second-order valence-corrected chi connectivity index (χ2v) is 4.56. The van der Waals surface area contributed by atoms with Gasteiger partial charge in [0, 0.05) is 16.6 Å². The standard InChI is InChI=1S/C11H14ClNO2/c1-15-10-5-8(12)7(4-9(10)14)6-11(13)2-3-11/h4-5,14H,2-3,6,13H2,1H3. The van der Waals surface area contributed by atoms with Gasteiger partial charge in [0.2, 0.25) is 0 Å². The summed E-state index contributed by atoms with van der Waals surface area (Å²) in [6.07, 6.45) is 2.76. The number of ether oxygens (including phenoxy) is 1. The fraction of sp³-hybridized carbons (Fsp3) is 0.455. The lowest BCUT2D eigenvalue weighted by Gasteiger charge is -2.12. The third kappa shape index (κ3) is 2.19. The van der Waals surface area contributed by atoms with Crippen molar-refractivity contribution in [1.29, 1.82) is 0 Å². The average molecular weight is 228 g/mol. The fourth-order valence-corrected chi connectivity index (χ4v) is 1.82. The number of phenolic OH excluding ortho intramolecular Hbond substituents is 1. The molecule has 4 heteroatoms. The van der Waals surface area contributed by atoms with Gasteiger partial charge in [-0.3, -0.25) is 0 Å². The van der Waals surface area contributed by atoms with Crippen molar-refractivity contribution in [3.8, 4) is 11.5 Å². The normalized spacial score (nSPS) is 17.5. The maximum atomic E-state index is 9.61. The van der Waals surface area contributed by atoms with Crippen LogP contribution < -0.4 is 10.5 Å². The van der Waals surface area contributed by atoms with Crippen molar-refractivity contribution < 1.29 is 9.84 Å². The van der Waals surface area contributed by atoms with Gasteiger partial charge < -0.3 is 15.6 Å². The van der Waals surface area contributed by atoms with E-state index >= 15 is 0 Å². The molecule has 1 aliphatic rings. The van der Waals surface area contributed by atoms with Crippen molar-refractivity contribution >= 4 is 11.6 Å². The zero-order valence-corrected chi connectivity index (χ0v) is 9.34. The average Bonchev–Trinajstić information content (AvgIpc) is 2.89. The topological polar surface area (TPSA) is 55.5 Å². The minimum Gasteiger partial charge on any atom is -0.504 e. The first-order valence-electron chi connectivity index (χ1n) is 4.88. The van der Waals surface area contributed by atoms with Crippen LogP contribution in [0, 0.1) is 0 Å². The van der Waals surface area contributed by atoms with E-state index in [1.54, 1.807) is 12.1 Å². The van der Waals surface area contributed by atoms with Crippen molar-refractivity contribution in [3.05, 3.63) is 22.7 Å². The van der Waals surface area contributed by atoms with Crippen LogP contribution in [-0.4, -0.2) is 17.8 Å². The molecule has 0 radical (unpaired) electrons. The van der Waals surface area contributed by atoms with E-state index in [1.165, 1.54) is 7.11 Å². The molecule has 0 bridgehead atoms. The first-order valence-corrected chi connectivity index (χ1v) is 5.26. The Hall–Kier alpha value is -0.930. The van der Waals surface area contributed by atoms with E-state index in [1.807, 2.05) is 0 Å². The number of hydrogen-bond acceptors (Lipinski definition) is 3. The highest BCUT2D eigenvalue weighted by atomic mass is 35.5. The summed E-state index contributed by atoms with van der Waals surface area (Å²) in [4.78, 5) is 0. The van der Waals surface area contributed by atoms with E-state index in [2.05, 4.69) is 0 Å².